The summed E-state index contributed by atoms with van der Waals surface area (Å²) >= 11 is 0. The Hall–Kier alpha value is -3.50. The maximum absolute atomic E-state index is 14.1. The molecular formula is C32H39FN6O2S. The number of hydrogen-bond donors (Lipinski definition) is 1. The van der Waals surface area contributed by atoms with Gasteiger partial charge in [-0.1, -0.05) is 25.1 Å². The first kappa shape index (κ1) is 30.0. The van der Waals surface area contributed by atoms with E-state index in [4.69, 9.17) is 9.97 Å². The average Bonchev–Trinajstić information content (AvgIpc) is 2.96. The Kier molecular flexibility index (Phi) is 8.84. The molecule has 10 heteroatoms. The molecule has 1 N–H and O–H groups in total. The number of sulfone groups is 1. The summed E-state index contributed by atoms with van der Waals surface area (Å²) in [4.78, 5) is 21.2. The molecule has 3 heterocycles. The van der Waals surface area contributed by atoms with Crippen LogP contribution in [0.15, 0.2) is 53.6 Å². The maximum Gasteiger partial charge on any atom is 0.223 e. The average molecular weight is 591 g/mol. The summed E-state index contributed by atoms with van der Waals surface area (Å²) in [6.45, 7) is 5.27. The van der Waals surface area contributed by atoms with Gasteiger partial charge in [0.15, 0.2) is 9.84 Å². The van der Waals surface area contributed by atoms with Gasteiger partial charge in [-0.05, 0) is 89.9 Å². The molecule has 222 valence electrons. The Morgan fingerprint density at radius 1 is 1.05 bits per heavy atom. The minimum Gasteiger partial charge on any atom is -0.351 e. The van der Waals surface area contributed by atoms with E-state index < -0.39 is 16.0 Å². The molecular weight excluding hydrogens is 551 g/mol. The van der Waals surface area contributed by atoms with Crippen molar-refractivity contribution in [3.63, 3.8) is 0 Å². The van der Waals surface area contributed by atoms with E-state index >= 15 is 0 Å². The van der Waals surface area contributed by atoms with Crippen LogP contribution in [-0.4, -0.2) is 59.4 Å². The van der Waals surface area contributed by atoms with E-state index in [-0.39, 0.29) is 16.2 Å². The zero-order valence-corrected chi connectivity index (χ0v) is 25.7. The summed E-state index contributed by atoms with van der Waals surface area (Å²) in [5, 5.41) is 3.54. The number of hydrogen-bond acceptors (Lipinski definition) is 8. The first-order chi connectivity index (χ1) is 20.1. The van der Waals surface area contributed by atoms with Crippen LogP contribution in [0.4, 0.5) is 10.3 Å². The molecule has 0 amide bonds. The third-order valence-corrected chi connectivity index (χ3v) is 9.92. The molecule has 1 atom stereocenters. The lowest BCUT2D eigenvalue weighted by Gasteiger charge is -2.32. The Morgan fingerprint density at radius 2 is 1.79 bits per heavy atom. The SMILES string of the molecule is CCc1cc(-c2ccc(CS(=O)(=O)c3ccccc3C(C)F)nc2C)nc2cnc(NC3CCC(N(C)C)CC3)nc12. The van der Waals surface area contributed by atoms with Crippen LogP contribution < -0.4 is 5.32 Å². The first-order valence-corrected chi connectivity index (χ1v) is 16.2. The summed E-state index contributed by atoms with van der Waals surface area (Å²) in [5.41, 5.74) is 5.36. The van der Waals surface area contributed by atoms with Gasteiger partial charge in [0.1, 0.15) is 11.7 Å². The number of fused-ring (bicyclic) bond motifs is 1. The standard InChI is InChI=1S/C32H39FN6O2S/c1-6-22-17-28(37-29-18-34-32(38-31(22)29)36-23-11-14-25(15-12-23)39(4)5)27-16-13-24(35-21(27)3)19-42(40,41)30-10-8-7-9-26(30)20(2)33/h7-10,13,16-18,20,23,25H,6,11-12,14-15,19H2,1-5H3,(H,34,36,38). The highest BCUT2D eigenvalue weighted by Gasteiger charge is 2.24. The van der Waals surface area contributed by atoms with E-state index in [0.29, 0.717) is 34.9 Å². The topological polar surface area (TPSA) is 101 Å². The molecule has 0 radical (unpaired) electrons. The fourth-order valence-corrected chi connectivity index (χ4v) is 7.40. The second kappa shape index (κ2) is 12.4. The number of alkyl halides is 1. The fourth-order valence-electron chi connectivity index (χ4n) is 5.81. The Balaban J connectivity index is 1.38. The number of nitrogens with one attached hydrogen (secondary N) is 1. The number of pyridine rings is 2. The second-order valence-electron chi connectivity index (χ2n) is 11.4. The fraction of sp³-hybridized carbons (Fsp3) is 0.438. The van der Waals surface area contributed by atoms with Crippen molar-refractivity contribution in [1.82, 2.24) is 24.8 Å². The Bertz CT molecular complexity index is 1680. The van der Waals surface area contributed by atoms with Gasteiger partial charge >= 0.3 is 0 Å². The molecule has 1 aromatic carbocycles. The van der Waals surface area contributed by atoms with E-state index in [2.05, 4.69) is 41.2 Å². The molecule has 1 fully saturated rings. The predicted octanol–water partition coefficient (Wildman–Crippen LogP) is 6.25. The number of rotatable bonds is 9. The zero-order chi connectivity index (χ0) is 30.0. The monoisotopic (exact) mass is 590 g/mol. The molecule has 42 heavy (non-hydrogen) atoms. The Morgan fingerprint density at radius 3 is 2.45 bits per heavy atom. The molecule has 1 saturated carbocycles. The quantitative estimate of drug-likeness (QED) is 0.244. The van der Waals surface area contributed by atoms with E-state index in [1.165, 1.54) is 19.1 Å². The van der Waals surface area contributed by atoms with Gasteiger partial charge in [-0.3, -0.25) is 4.98 Å². The van der Waals surface area contributed by atoms with Crippen molar-refractivity contribution in [3.05, 3.63) is 71.2 Å². The van der Waals surface area contributed by atoms with Crippen LogP contribution in [-0.2, 0) is 22.0 Å². The molecule has 1 aliphatic rings. The number of aromatic nitrogens is 4. The third-order valence-electron chi connectivity index (χ3n) is 8.21. The molecule has 3 aromatic heterocycles. The van der Waals surface area contributed by atoms with Crippen LogP contribution in [0.3, 0.4) is 0 Å². The van der Waals surface area contributed by atoms with Crippen LogP contribution in [0, 0.1) is 6.92 Å². The van der Waals surface area contributed by atoms with Gasteiger partial charge < -0.3 is 10.2 Å². The smallest absolute Gasteiger partial charge is 0.223 e. The zero-order valence-electron chi connectivity index (χ0n) is 24.9. The van der Waals surface area contributed by atoms with Crippen LogP contribution >= 0.6 is 0 Å². The summed E-state index contributed by atoms with van der Waals surface area (Å²) in [6.07, 6.45) is 5.65. The molecule has 0 bridgehead atoms. The molecule has 8 nitrogen and oxygen atoms in total. The first-order valence-electron chi connectivity index (χ1n) is 14.6. The lowest BCUT2D eigenvalue weighted by Crippen LogP contribution is -2.36. The van der Waals surface area contributed by atoms with Gasteiger partial charge in [-0.15, -0.1) is 0 Å². The molecule has 0 spiro atoms. The number of anilines is 1. The highest BCUT2D eigenvalue weighted by molar-refractivity contribution is 7.90. The number of nitrogens with zero attached hydrogens (tertiary/aromatic N) is 5. The van der Waals surface area contributed by atoms with Crippen molar-refractivity contribution in [2.45, 2.75) is 81.8 Å². The minimum atomic E-state index is -3.79. The molecule has 0 saturated heterocycles. The molecule has 1 unspecified atom stereocenters. The van der Waals surface area contributed by atoms with Crippen LogP contribution in [0.5, 0.6) is 0 Å². The lowest BCUT2D eigenvalue weighted by molar-refractivity contribution is 0.221. The van der Waals surface area contributed by atoms with Crippen LogP contribution in [0.2, 0.25) is 0 Å². The van der Waals surface area contributed by atoms with Gasteiger partial charge in [0, 0.05) is 28.9 Å². The molecule has 1 aliphatic carbocycles. The van der Waals surface area contributed by atoms with Crippen molar-refractivity contribution < 1.29 is 12.8 Å². The maximum atomic E-state index is 14.1. The lowest BCUT2D eigenvalue weighted by atomic mass is 9.91. The Labute approximate surface area is 247 Å². The third kappa shape index (κ3) is 6.44. The summed E-state index contributed by atoms with van der Waals surface area (Å²) in [6, 6.07) is 12.8. The van der Waals surface area contributed by atoms with Gasteiger partial charge in [0.25, 0.3) is 0 Å². The van der Waals surface area contributed by atoms with Gasteiger partial charge in [-0.25, -0.2) is 27.8 Å². The summed E-state index contributed by atoms with van der Waals surface area (Å²) < 4.78 is 40.5. The summed E-state index contributed by atoms with van der Waals surface area (Å²) in [7, 11) is 0.502. The van der Waals surface area contributed by atoms with Crippen molar-refractivity contribution in [2.24, 2.45) is 0 Å². The number of benzene rings is 1. The van der Waals surface area contributed by atoms with Gasteiger partial charge in [0.05, 0.1) is 33.7 Å². The van der Waals surface area contributed by atoms with E-state index in [1.54, 1.807) is 24.4 Å². The second-order valence-corrected chi connectivity index (χ2v) is 13.4. The number of aryl methyl sites for hydroxylation is 2. The van der Waals surface area contributed by atoms with Gasteiger partial charge in [0.2, 0.25) is 5.95 Å². The molecule has 0 aliphatic heterocycles. The predicted molar refractivity (Wildman–Crippen MR) is 165 cm³/mol. The highest BCUT2D eigenvalue weighted by Crippen LogP contribution is 2.30. The normalized spacial score (nSPS) is 18.4. The van der Waals surface area contributed by atoms with E-state index in [1.807, 2.05) is 19.1 Å². The summed E-state index contributed by atoms with van der Waals surface area (Å²) in [5.74, 6) is 0.316. The van der Waals surface area contributed by atoms with E-state index in [9.17, 15) is 12.8 Å². The van der Waals surface area contributed by atoms with Crippen LogP contribution in [0.1, 0.15) is 68.2 Å². The number of halogens is 1. The van der Waals surface area contributed by atoms with Crippen molar-refractivity contribution in [1.29, 1.82) is 0 Å². The largest absolute Gasteiger partial charge is 0.351 e. The molecule has 5 rings (SSSR count). The van der Waals surface area contributed by atoms with Crippen molar-refractivity contribution >= 4 is 26.8 Å². The van der Waals surface area contributed by atoms with Crippen LogP contribution in [0.25, 0.3) is 22.3 Å². The van der Waals surface area contributed by atoms with Crippen molar-refractivity contribution in [2.75, 3.05) is 19.4 Å². The molecule has 4 aromatic rings. The van der Waals surface area contributed by atoms with Crippen molar-refractivity contribution in [3.8, 4) is 11.3 Å². The highest BCUT2D eigenvalue weighted by atomic mass is 32.2. The van der Waals surface area contributed by atoms with E-state index in [0.717, 1.165) is 54.4 Å². The van der Waals surface area contributed by atoms with Gasteiger partial charge in [-0.2, -0.15) is 0 Å². The minimum absolute atomic E-state index is 0.00224.